The van der Waals surface area contributed by atoms with E-state index in [1.165, 1.54) is 17.4 Å². The molecule has 0 bridgehead atoms. The van der Waals surface area contributed by atoms with Gasteiger partial charge >= 0.3 is 0 Å². The van der Waals surface area contributed by atoms with Crippen molar-refractivity contribution in [1.29, 1.82) is 0 Å². The third-order valence-electron chi connectivity index (χ3n) is 4.05. The second-order valence-electron chi connectivity index (χ2n) is 6.77. The number of guanidine groups is 1. The van der Waals surface area contributed by atoms with E-state index in [1.807, 2.05) is 0 Å². The Labute approximate surface area is 170 Å². The zero-order valence-corrected chi connectivity index (χ0v) is 19.1. The van der Waals surface area contributed by atoms with E-state index in [-0.39, 0.29) is 35.1 Å². The third kappa shape index (κ3) is 9.44. The molecule has 2 N–H and O–H groups in total. The Balaban J connectivity index is 0.00000576. The number of aliphatic imine (C=N–C) groups is 1. The molecule has 0 aliphatic carbocycles. The average Bonchev–Trinajstić information content (AvgIpc) is 2.53. The van der Waals surface area contributed by atoms with Gasteiger partial charge in [-0.3, -0.25) is 4.99 Å². The first kappa shape index (κ1) is 24.2. The van der Waals surface area contributed by atoms with Gasteiger partial charge in [-0.2, -0.15) is 0 Å². The van der Waals surface area contributed by atoms with Crippen molar-refractivity contribution in [3.05, 3.63) is 35.4 Å². The molecule has 0 aliphatic heterocycles. The molecule has 144 valence electrons. The number of halogens is 1. The summed E-state index contributed by atoms with van der Waals surface area (Å²) in [5, 5.41) is 6.48. The molecule has 0 saturated carbocycles. The molecule has 0 radical (unpaired) electrons. The minimum atomic E-state index is -2.91. The molecule has 25 heavy (non-hydrogen) atoms. The van der Waals surface area contributed by atoms with Crippen molar-refractivity contribution in [2.24, 2.45) is 4.99 Å². The van der Waals surface area contributed by atoms with E-state index in [4.69, 9.17) is 0 Å². The summed E-state index contributed by atoms with van der Waals surface area (Å²) in [4.78, 5) is 4.19. The molecule has 0 heterocycles. The molecule has 1 rings (SSSR count). The van der Waals surface area contributed by atoms with E-state index in [1.54, 1.807) is 7.05 Å². The molecule has 0 unspecified atom stereocenters. The third-order valence-corrected chi connectivity index (χ3v) is 5.08. The standard InChI is InChI=1S/C18H31N3O2S.HI/c1-6-15-8-10-16(11-9-15)18(2,3)14-21-17(19-4)20-12-7-13-24(5,22)23;/h8-11H,6-7,12-14H2,1-5H3,(H2,19,20,21);1H. The fourth-order valence-corrected chi connectivity index (χ4v) is 3.03. The molecule has 0 fully saturated rings. The number of hydrogen-bond acceptors (Lipinski definition) is 3. The highest BCUT2D eigenvalue weighted by atomic mass is 127. The number of nitrogens with zero attached hydrogens (tertiary/aromatic N) is 1. The Morgan fingerprint density at radius 2 is 1.76 bits per heavy atom. The Morgan fingerprint density at radius 3 is 2.24 bits per heavy atom. The van der Waals surface area contributed by atoms with Crippen LogP contribution in [0.15, 0.2) is 29.3 Å². The first-order chi connectivity index (χ1) is 11.2. The van der Waals surface area contributed by atoms with E-state index in [0.717, 1.165) is 13.0 Å². The fourth-order valence-electron chi connectivity index (χ4n) is 2.36. The Hall–Kier alpha value is -0.830. The van der Waals surface area contributed by atoms with E-state index in [2.05, 4.69) is 60.7 Å². The van der Waals surface area contributed by atoms with Crippen LogP contribution < -0.4 is 10.6 Å². The maximum Gasteiger partial charge on any atom is 0.191 e. The van der Waals surface area contributed by atoms with Crippen molar-refractivity contribution >= 4 is 39.8 Å². The van der Waals surface area contributed by atoms with Gasteiger partial charge in [0.25, 0.3) is 0 Å². The minimum absolute atomic E-state index is 0. The van der Waals surface area contributed by atoms with Crippen LogP contribution >= 0.6 is 24.0 Å². The predicted octanol–water partition coefficient (Wildman–Crippen LogP) is 2.74. The zero-order chi connectivity index (χ0) is 18.2. The van der Waals surface area contributed by atoms with Crippen LogP contribution in [-0.2, 0) is 21.7 Å². The molecule has 1 aromatic rings. The number of rotatable bonds is 8. The Bertz CT molecular complexity index is 641. The van der Waals surface area contributed by atoms with Crippen LogP contribution in [0.1, 0.15) is 38.3 Å². The topological polar surface area (TPSA) is 70.6 Å². The van der Waals surface area contributed by atoms with Crippen molar-refractivity contribution in [2.75, 3.05) is 32.1 Å². The van der Waals surface area contributed by atoms with Gasteiger partial charge in [0.15, 0.2) is 5.96 Å². The molecule has 7 heteroatoms. The normalized spacial score (nSPS) is 12.4. The van der Waals surface area contributed by atoms with E-state index in [0.29, 0.717) is 18.9 Å². The summed E-state index contributed by atoms with van der Waals surface area (Å²) >= 11 is 0. The molecule has 0 atom stereocenters. The second kappa shape index (κ2) is 11.0. The lowest BCUT2D eigenvalue weighted by atomic mass is 9.84. The molecule has 0 aliphatic rings. The van der Waals surface area contributed by atoms with Gasteiger partial charge in [-0.1, -0.05) is 45.0 Å². The molecular formula is C18H32IN3O2S. The van der Waals surface area contributed by atoms with Gasteiger partial charge in [-0.15, -0.1) is 24.0 Å². The van der Waals surface area contributed by atoms with Crippen molar-refractivity contribution in [1.82, 2.24) is 10.6 Å². The summed E-state index contributed by atoms with van der Waals surface area (Å²) in [6, 6.07) is 8.72. The maximum absolute atomic E-state index is 11.1. The van der Waals surface area contributed by atoms with Gasteiger partial charge in [0.2, 0.25) is 0 Å². The Kier molecular flexibility index (Phi) is 10.6. The molecule has 0 spiro atoms. The zero-order valence-electron chi connectivity index (χ0n) is 15.9. The highest BCUT2D eigenvalue weighted by Gasteiger charge is 2.20. The number of benzene rings is 1. The highest BCUT2D eigenvalue weighted by molar-refractivity contribution is 14.0. The quantitative estimate of drug-likeness (QED) is 0.259. The number of hydrogen-bond donors (Lipinski definition) is 2. The average molecular weight is 481 g/mol. The molecule has 0 aromatic heterocycles. The first-order valence-electron chi connectivity index (χ1n) is 8.39. The molecule has 0 amide bonds. The van der Waals surface area contributed by atoms with E-state index < -0.39 is 9.84 Å². The van der Waals surface area contributed by atoms with Gasteiger partial charge in [-0.25, -0.2) is 8.42 Å². The van der Waals surface area contributed by atoms with Gasteiger partial charge in [-0.05, 0) is 24.0 Å². The molecular weight excluding hydrogens is 449 g/mol. The molecule has 5 nitrogen and oxygen atoms in total. The van der Waals surface area contributed by atoms with Gasteiger partial charge in [0.05, 0.1) is 5.75 Å². The summed E-state index contributed by atoms with van der Waals surface area (Å²) in [5.74, 6) is 0.883. The first-order valence-corrected chi connectivity index (χ1v) is 10.5. The van der Waals surface area contributed by atoms with Crippen LogP contribution in [0.25, 0.3) is 0 Å². The number of nitrogens with one attached hydrogen (secondary N) is 2. The lowest BCUT2D eigenvalue weighted by Gasteiger charge is -2.27. The summed E-state index contributed by atoms with van der Waals surface area (Å²) in [6.45, 7) is 7.86. The maximum atomic E-state index is 11.1. The van der Waals surface area contributed by atoms with Gasteiger partial charge < -0.3 is 10.6 Å². The molecule has 1 aromatic carbocycles. The lowest BCUT2D eigenvalue weighted by molar-refractivity contribution is 0.508. The summed E-state index contributed by atoms with van der Waals surface area (Å²) < 4.78 is 22.3. The van der Waals surface area contributed by atoms with Crippen LogP contribution in [0.4, 0.5) is 0 Å². The highest BCUT2D eigenvalue weighted by Crippen LogP contribution is 2.22. The number of aryl methyl sites for hydroxylation is 1. The predicted molar refractivity (Wildman–Crippen MR) is 118 cm³/mol. The van der Waals surface area contributed by atoms with Crippen LogP contribution in [0.2, 0.25) is 0 Å². The van der Waals surface area contributed by atoms with Crippen molar-refractivity contribution < 1.29 is 8.42 Å². The van der Waals surface area contributed by atoms with Gasteiger partial charge in [0, 0.05) is 31.8 Å². The van der Waals surface area contributed by atoms with Crippen LogP contribution in [-0.4, -0.2) is 46.5 Å². The monoisotopic (exact) mass is 481 g/mol. The van der Waals surface area contributed by atoms with E-state index in [9.17, 15) is 8.42 Å². The smallest absolute Gasteiger partial charge is 0.191 e. The summed E-state index contributed by atoms with van der Waals surface area (Å²) in [7, 11) is -1.19. The fraction of sp³-hybridized carbons (Fsp3) is 0.611. The molecule has 0 saturated heterocycles. The number of sulfone groups is 1. The van der Waals surface area contributed by atoms with Gasteiger partial charge in [0.1, 0.15) is 9.84 Å². The van der Waals surface area contributed by atoms with E-state index >= 15 is 0 Å². The summed E-state index contributed by atoms with van der Waals surface area (Å²) in [5.41, 5.74) is 2.59. The minimum Gasteiger partial charge on any atom is -0.356 e. The van der Waals surface area contributed by atoms with Crippen LogP contribution in [0.3, 0.4) is 0 Å². The van der Waals surface area contributed by atoms with Crippen molar-refractivity contribution in [3.8, 4) is 0 Å². The van der Waals surface area contributed by atoms with Crippen molar-refractivity contribution in [2.45, 2.75) is 39.0 Å². The lowest BCUT2D eigenvalue weighted by Crippen LogP contribution is -2.43. The SMILES string of the molecule is CCc1ccc(C(C)(C)CNC(=NC)NCCCS(C)(=O)=O)cc1.I. The second-order valence-corrected chi connectivity index (χ2v) is 9.03. The largest absolute Gasteiger partial charge is 0.356 e. The van der Waals surface area contributed by atoms with Crippen LogP contribution in [0.5, 0.6) is 0 Å². The van der Waals surface area contributed by atoms with Crippen LogP contribution in [0, 0.1) is 0 Å². The Morgan fingerprint density at radius 1 is 1.16 bits per heavy atom. The van der Waals surface area contributed by atoms with Crippen molar-refractivity contribution in [3.63, 3.8) is 0 Å². The summed E-state index contributed by atoms with van der Waals surface area (Å²) in [6.07, 6.45) is 2.87.